The normalized spacial score (nSPS) is 15.8. The van der Waals surface area contributed by atoms with Gasteiger partial charge in [0.2, 0.25) is 0 Å². The molecular weight excluding hydrogens is 156 g/mol. The zero-order valence-electron chi connectivity index (χ0n) is 6.60. The Hall–Kier alpha value is -1.52. The lowest BCUT2D eigenvalue weighted by Gasteiger charge is -2.26. The molecule has 0 atom stereocenters. The number of carbonyl (C=O) groups excluding carboxylic acids is 1. The van der Waals surface area contributed by atoms with Crippen molar-refractivity contribution in [2.45, 2.75) is 13.1 Å². The van der Waals surface area contributed by atoms with Crippen LogP contribution in [0.1, 0.15) is 5.69 Å². The molecule has 0 spiro atoms. The van der Waals surface area contributed by atoms with Gasteiger partial charge in [0.15, 0.2) is 0 Å². The molecule has 0 radical (unpaired) electrons. The van der Waals surface area contributed by atoms with E-state index in [0.717, 1.165) is 12.2 Å². The molecule has 0 aliphatic carbocycles. The molecule has 2 amide bonds. The maximum Gasteiger partial charge on any atom is 0.315 e. The fourth-order valence-electron chi connectivity index (χ4n) is 1.37. The van der Waals surface area contributed by atoms with Gasteiger partial charge in [-0.2, -0.15) is 0 Å². The number of fused-ring (bicyclic) bond motifs is 1. The van der Waals surface area contributed by atoms with Gasteiger partial charge in [-0.1, -0.05) is 0 Å². The minimum Gasteiger partial charge on any atom is -0.351 e. The molecule has 2 rings (SSSR count). The van der Waals surface area contributed by atoms with E-state index in [9.17, 15) is 4.79 Å². The fraction of sp³-hybridized carbons (Fsp3) is 0.429. The maximum atomic E-state index is 10.8. The van der Waals surface area contributed by atoms with Crippen molar-refractivity contribution in [2.75, 3.05) is 6.54 Å². The monoisotopic (exact) mass is 166 g/mol. The molecule has 0 saturated carbocycles. The van der Waals surface area contributed by atoms with Crippen LogP contribution in [0.15, 0.2) is 12.5 Å². The summed E-state index contributed by atoms with van der Waals surface area (Å²) < 4.78 is 2.03. The van der Waals surface area contributed by atoms with E-state index in [2.05, 4.69) is 4.98 Å². The molecule has 0 fully saturated rings. The van der Waals surface area contributed by atoms with Gasteiger partial charge in [-0.15, -0.1) is 0 Å². The summed E-state index contributed by atoms with van der Waals surface area (Å²) in [6.07, 6.45) is 3.53. The van der Waals surface area contributed by atoms with Crippen molar-refractivity contribution in [3.8, 4) is 0 Å². The highest BCUT2D eigenvalue weighted by molar-refractivity contribution is 5.72. The first-order chi connectivity index (χ1) is 5.77. The molecule has 0 bridgehead atoms. The molecule has 0 aromatic carbocycles. The Bertz CT molecular complexity index is 306. The van der Waals surface area contributed by atoms with Crippen molar-refractivity contribution in [2.24, 2.45) is 5.73 Å². The largest absolute Gasteiger partial charge is 0.351 e. The van der Waals surface area contributed by atoms with Crippen LogP contribution in [0.5, 0.6) is 0 Å². The third kappa shape index (κ3) is 1.03. The summed E-state index contributed by atoms with van der Waals surface area (Å²) in [6, 6.07) is -0.359. The second kappa shape index (κ2) is 2.51. The Morgan fingerprint density at radius 2 is 2.42 bits per heavy atom. The number of imidazole rings is 1. The number of carbonyl (C=O) groups is 1. The number of nitrogens with zero attached hydrogens (tertiary/aromatic N) is 3. The van der Waals surface area contributed by atoms with Gasteiger partial charge in [-0.05, 0) is 0 Å². The first-order valence-electron chi connectivity index (χ1n) is 3.81. The van der Waals surface area contributed by atoms with Gasteiger partial charge in [0, 0.05) is 19.3 Å². The maximum absolute atomic E-state index is 10.8. The van der Waals surface area contributed by atoms with Gasteiger partial charge < -0.3 is 15.2 Å². The van der Waals surface area contributed by atoms with Crippen molar-refractivity contribution in [1.82, 2.24) is 14.5 Å². The summed E-state index contributed by atoms with van der Waals surface area (Å²) in [4.78, 5) is 16.4. The molecule has 64 valence electrons. The summed E-state index contributed by atoms with van der Waals surface area (Å²) in [5.74, 6) is 0. The van der Waals surface area contributed by atoms with Crippen molar-refractivity contribution >= 4 is 6.03 Å². The number of primary amides is 1. The van der Waals surface area contributed by atoms with E-state index in [1.807, 2.05) is 4.57 Å². The van der Waals surface area contributed by atoms with Gasteiger partial charge in [0.25, 0.3) is 0 Å². The molecule has 5 nitrogen and oxygen atoms in total. The van der Waals surface area contributed by atoms with Crippen LogP contribution in [0.4, 0.5) is 4.79 Å². The van der Waals surface area contributed by atoms with Crippen LogP contribution in [-0.2, 0) is 13.1 Å². The highest BCUT2D eigenvalue weighted by atomic mass is 16.2. The van der Waals surface area contributed by atoms with Crippen molar-refractivity contribution in [3.05, 3.63) is 18.2 Å². The van der Waals surface area contributed by atoms with Crippen LogP contribution >= 0.6 is 0 Å². The van der Waals surface area contributed by atoms with E-state index in [0.29, 0.717) is 13.1 Å². The Labute approximate surface area is 69.8 Å². The van der Waals surface area contributed by atoms with E-state index in [-0.39, 0.29) is 6.03 Å². The second-order valence-corrected chi connectivity index (χ2v) is 2.84. The summed E-state index contributed by atoms with van der Waals surface area (Å²) in [5, 5.41) is 0. The molecule has 2 N–H and O–H groups in total. The standard InChI is InChI=1S/C7H10N4O/c8-7(12)10-1-2-11-5-9-3-6(11)4-10/h3,5H,1-2,4H2,(H2,8,12). The zero-order valence-corrected chi connectivity index (χ0v) is 6.60. The first kappa shape index (κ1) is 7.15. The van der Waals surface area contributed by atoms with Gasteiger partial charge >= 0.3 is 6.03 Å². The third-order valence-corrected chi connectivity index (χ3v) is 2.07. The van der Waals surface area contributed by atoms with Gasteiger partial charge in [0.05, 0.1) is 18.6 Å². The molecule has 0 saturated heterocycles. The highest BCUT2D eigenvalue weighted by Gasteiger charge is 2.17. The summed E-state index contributed by atoms with van der Waals surface area (Å²) >= 11 is 0. The third-order valence-electron chi connectivity index (χ3n) is 2.07. The van der Waals surface area contributed by atoms with Crippen molar-refractivity contribution in [3.63, 3.8) is 0 Å². The quantitative estimate of drug-likeness (QED) is 0.579. The van der Waals surface area contributed by atoms with Crippen LogP contribution < -0.4 is 5.73 Å². The number of hydrogen-bond donors (Lipinski definition) is 1. The van der Waals surface area contributed by atoms with E-state index < -0.39 is 0 Å². The second-order valence-electron chi connectivity index (χ2n) is 2.84. The predicted molar refractivity (Wildman–Crippen MR) is 42.2 cm³/mol. The number of aromatic nitrogens is 2. The zero-order chi connectivity index (χ0) is 8.55. The van der Waals surface area contributed by atoms with Gasteiger partial charge in [-0.25, -0.2) is 9.78 Å². The number of amides is 2. The lowest BCUT2D eigenvalue weighted by atomic mass is 10.3. The Balaban J connectivity index is 2.20. The topological polar surface area (TPSA) is 64.2 Å². The lowest BCUT2D eigenvalue weighted by molar-refractivity contribution is 0.193. The molecule has 1 aliphatic heterocycles. The van der Waals surface area contributed by atoms with Crippen LogP contribution in [0, 0.1) is 0 Å². The molecule has 2 heterocycles. The lowest BCUT2D eigenvalue weighted by Crippen LogP contribution is -2.41. The van der Waals surface area contributed by atoms with Gasteiger partial charge in [0.1, 0.15) is 0 Å². The molecule has 1 aliphatic rings. The average Bonchev–Trinajstić information content (AvgIpc) is 2.49. The SMILES string of the molecule is NC(=O)N1CCn2cncc2C1. The highest BCUT2D eigenvalue weighted by Crippen LogP contribution is 2.10. The molecule has 5 heteroatoms. The molecule has 1 aromatic heterocycles. The Morgan fingerprint density at radius 3 is 3.17 bits per heavy atom. The fourth-order valence-corrected chi connectivity index (χ4v) is 1.37. The molecule has 12 heavy (non-hydrogen) atoms. The smallest absolute Gasteiger partial charge is 0.315 e. The number of nitrogens with two attached hydrogens (primary N) is 1. The van der Waals surface area contributed by atoms with Crippen molar-refractivity contribution < 1.29 is 4.79 Å². The van der Waals surface area contributed by atoms with Crippen LogP contribution in [0.2, 0.25) is 0 Å². The van der Waals surface area contributed by atoms with Crippen LogP contribution in [-0.4, -0.2) is 27.0 Å². The average molecular weight is 166 g/mol. The summed E-state index contributed by atoms with van der Waals surface area (Å²) in [6.45, 7) is 2.05. The van der Waals surface area contributed by atoms with E-state index >= 15 is 0 Å². The Kier molecular flexibility index (Phi) is 1.49. The molecule has 0 unspecified atom stereocenters. The number of rotatable bonds is 0. The summed E-state index contributed by atoms with van der Waals surface area (Å²) in [5.41, 5.74) is 6.19. The van der Waals surface area contributed by atoms with E-state index in [4.69, 9.17) is 5.73 Å². The predicted octanol–water partition coefficient (Wildman–Crippen LogP) is -0.223. The van der Waals surface area contributed by atoms with E-state index in [1.54, 1.807) is 17.4 Å². The Morgan fingerprint density at radius 1 is 1.58 bits per heavy atom. The minimum atomic E-state index is -0.359. The number of urea groups is 1. The van der Waals surface area contributed by atoms with Crippen molar-refractivity contribution in [1.29, 1.82) is 0 Å². The first-order valence-corrected chi connectivity index (χ1v) is 3.81. The van der Waals surface area contributed by atoms with Gasteiger partial charge in [-0.3, -0.25) is 0 Å². The minimum absolute atomic E-state index is 0.359. The molecule has 1 aromatic rings. The van der Waals surface area contributed by atoms with Crippen LogP contribution in [0.25, 0.3) is 0 Å². The number of hydrogen-bond acceptors (Lipinski definition) is 2. The van der Waals surface area contributed by atoms with Crippen LogP contribution in [0.3, 0.4) is 0 Å². The molecular formula is C7H10N4O. The van der Waals surface area contributed by atoms with E-state index in [1.165, 1.54) is 0 Å². The summed E-state index contributed by atoms with van der Waals surface area (Å²) in [7, 11) is 0.